The number of rotatable bonds is 1. The average molecular weight is 168 g/mol. The highest BCUT2D eigenvalue weighted by atomic mass is 16.4. The van der Waals surface area contributed by atoms with Gasteiger partial charge in [0.1, 0.15) is 0 Å². The van der Waals surface area contributed by atoms with Crippen LogP contribution in [0.4, 0.5) is 0 Å². The molecule has 1 aromatic heterocycles. The fraction of sp³-hybridized carbons (Fsp3) is 0.286. The summed E-state index contributed by atoms with van der Waals surface area (Å²) in [6.07, 6.45) is 0. The summed E-state index contributed by atoms with van der Waals surface area (Å²) < 4.78 is 1.06. The number of carbonyl (C=O) groups is 2. The molecule has 0 atom stereocenters. The van der Waals surface area contributed by atoms with E-state index in [0.717, 1.165) is 4.68 Å². The van der Waals surface area contributed by atoms with E-state index in [1.54, 1.807) is 6.92 Å². The first kappa shape index (κ1) is 8.45. The van der Waals surface area contributed by atoms with Gasteiger partial charge in [0.2, 0.25) is 5.91 Å². The average Bonchev–Trinajstić information content (AvgIpc) is 2.30. The van der Waals surface area contributed by atoms with Crippen molar-refractivity contribution in [2.75, 3.05) is 0 Å². The lowest BCUT2D eigenvalue weighted by Crippen LogP contribution is -2.10. The van der Waals surface area contributed by atoms with E-state index in [-0.39, 0.29) is 11.6 Å². The van der Waals surface area contributed by atoms with E-state index in [2.05, 4.69) is 5.10 Å². The first-order chi connectivity index (χ1) is 5.52. The fourth-order valence-corrected chi connectivity index (χ4v) is 0.898. The van der Waals surface area contributed by atoms with Gasteiger partial charge in [-0.2, -0.15) is 5.10 Å². The third kappa shape index (κ3) is 1.34. The number of aryl methyl sites for hydroxylation is 1. The van der Waals surface area contributed by atoms with Crippen molar-refractivity contribution in [3.63, 3.8) is 0 Å². The molecular weight excluding hydrogens is 160 g/mol. The molecule has 0 radical (unpaired) electrons. The molecule has 0 fully saturated rings. The van der Waals surface area contributed by atoms with Crippen LogP contribution in [-0.2, 0) is 0 Å². The highest BCUT2D eigenvalue weighted by Gasteiger charge is 2.11. The first-order valence-corrected chi connectivity index (χ1v) is 3.33. The van der Waals surface area contributed by atoms with Crippen LogP contribution in [0.5, 0.6) is 0 Å². The molecule has 1 rings (SSSR count). The normalized spacial score (nSPS) is 9.83. The van der Waals surface area contributed by atoms with E-state index >= 15 is 0 Å². The van der Waals surface area contributed by atoms with E-state index in [4.69, 9.17) is 5.11 Å². The van der Waals surface area contributed by atoms with Crippen molar-refractivity contribution in [2.24, 2.45) is 0 Å². The van der Waals surface area contributed by atoms with Crippen LogP contribution >= 0.6 is 0 Å². The Kier molecular flexibility index (Phi) is 1.95. The number of aromatic carboxylic acids is 1. The second-order valence-corrected chi connectivity index (χ2v) is 2.41. The molecule has 0 saturated heterocycles. The minimum atomic E-state index is -1.13. The first-order valence-electron chi connectivity index (χ1n) is 3.33. The van der Waals surface area contributed by atoms with Gasteiger partial charge in [0.25, 0.3) is 0 Å². The molecule has 0 aliphatic carbocycles. The molecule has 0 unspecified atom stereocenters. The molecule has 0 spiro atoms. The Morgan fingerprint density at radius 2 is 2.17 bits per heavy atom. The summed E-state index contributed by atoms with van der Waals surface area (Å²) in [5.74, 6) is -1.42. The van der Waals surface area contributed by atoms with Crippen LogP contribution in [0.2, 0.25) is 0 Å². The van der Waals surface area contributed by atoms with Gasteiger partial charge in [0.15, 0.2) is 5.69 Å². The summed E-state index contributed by atoms with van der Waals surface area (Å²) in [4.78, 5) is 21.2. The Hall–Kier alpha value is -1.65. The highest BCUT2D eigenvalue weighted by molar-refractivity contribution is 5.86. The zero-order valence-electron chi connectivity index (χ0n) is 6.74. The number of carboxylic acid groups (broad SMARTS) is 1. The Morgan fingerprint density at radius 1 is 1.58 bits per heavy atom. The topological polar surface area (TPSA) is 72.2 Å². The van der Waals surface area contributed by atoms with Crippen LogP contribution in [0.1, 0.15) is 27.9 Å². The largest absolute Gasteiger partial charge is 0.476 e. The maximum atomic E-state index is 10.8. The molecule has 1 aromatic rings. The van der Waals surface area contributed by atoms with Crippen LogP contribution in [0.3, 0.4) is 0 Å². The Balaban J connectivity index is 3.17. The summed E-state index contributed by atoms with van der Waals surface area (Å²) in [7, 11) is 0. The monoisotopic (exact) mass is 168 g/mol. The van der Waals surface area contributed by atoms with Crippen molar-refractivity contribution in [1.29, 1.82) is 0 Å². The summed E-state index contributed by atoms with van der Waals surface area (Å²) in [6.45, 7) is 2.95. The molecule has 5 nitrogen and oxygen atoms in total. The van der Waals surface area contributed by atoms with Crippen LogP contribution in [0.15, 0.2) is 6.07 Å². The molecule has 12 heavy (non-hydrogen) atoms. The SMILES string of the molecule is CC(=O)n1nc(C(=O)O)cc1C. The van der Waals surface area contributed by atoms with E-state index in [9.17, 15) is 9.59 Å². The molecule has 0 saturated carbocycles. The van der Waals surface area contributed by atoms with Crippen molar-refractivity contribution >= 4 is 11.9 Å². The van der Waals surface area contributed by atoms with E-state index < -0.39 is 5.97 Å². The second-order valence-electron chi connectivity index (χ2n) is 2.41. The Labute approximate surface area is 68.6 Å². The minimum absolute atomic E-state index is 0.109. The smallest absolute Gasteiger partial charge is 0.356 e. The van der Waals surface area contributed by atoms with Gasteiger partial charge in [-0.3, -0.25) is 4.79 Å². The number of carboxylic acids is 1. The quantitative estimate of drug-likeness (QED) is 0.664. The van der Waals surface area contributed by atoms with Gasteiger partial charge < -0.3 is 5.11 Å². The lowest BCUT2D eigenvalue weighted by Gasteiger charge is -1.94. The standard InChI is InChI=1S/C7H8N2O3/c1-4-3-6(7(11)12)8-9(4)5(2)10/h3H,1-2H3,(H,11,12). The minimum Gasteiger partial charge on any atom is -0.476 e. The third-order valence-electron chi connectivity index (χ3n) is 1.40. The summed E-state index contributed by atoms with van der Waals surface area (Å²) in [6, 6.07) is 1.35. The fourth-order valence-electron chi connectivity index (χ4n) is 0.898. The summed E-state index contributed by atoms with van der Waals surface area (Å²) >= 11 is 0. The van der Waals surface area contributed by atoms with Crippen molar-refractivity contribution in [1.82, 2.24) is 9.78 Å². The van der Waals surface area contributed by atoms with Crippen LogP contribution in [0, 0.1) is 6.92 Å². The van der Waals surface area contributed by atoms with E-state index in [1.165, 1.54) is 13.0 Å². The lowest BCUT2D eigenvalue weighted by atomic mass is 10.4. The van der Waals surface area contributed by atoms with Crippen molar-refractivity contribution in [3.05, 3.63) is 17.5 Å². The zero-order valence-corrected chi connectivity index (χ0v) is 6.74. The van der Waals surface area contributed by atoms with Crippen molar-refractivity contribution in [3.8, 4) is 0 Å². The second kappa shape index (κ2) is 2.77. The Bertz CT molecular complexity index is 340. The molecular formula is C7H8N2O3. The van der Waals surface area contributed by atoms with E-state index in [1.807, 2.05) is 0 Å². The molecule has 0 amide bonds. The molecule has 1 heterocycles. The molecule has 0 bridgehead atoms. The third-order valence-corrected chi connectivity index (χ3v) is 1.40. The predicted molar refractivity (Wildman–Crippen MR) is 40.2 cm³/mol. The highest BCUT2D eigenvalue weighted by Crippen LogP contribution is 2.02. The van der Waals surface area contributed by atoms with Gasteiger partial charge >= 0.3 is 5.97 Å². The maximum absolute atomic E-state index is 10.8. The molecule has 1 N–H and O–H groups in total. The van der Waals surface area contributed by atoms with Gasteiger partial charge in [0, 0.05) is 12.6 Å². The molecule has 0 aromatic carbocycles. The summed E-state index contributed by atoms with van der Waals surface area (Å²) in [5, 5.41) is 12.1. The van der Waals surface area contributed by atoms with Gasteiger partial charge in [-0.25, -0.2) is 9.48 Å². The number of nitrogens with zero attached hydrogens (tertiary/aromatic N) is 2. The Morgan fingerprint density at radius 3 is 2.42 bits per heavy atom. The lowest BCUT2D eigenvalue weighted by molar-refractivity contribution is 0.0689. The van der Waals surface area contributed by atoms with Gasteiger partial charge in [-0.05, 0) is 13.0 Å². The zero-order chi connectivity index (χ0) is 9.30. The molecule has 5 heteroatoms. The van der Waals surface area contributed by atoms with E-state index in [0.29, 0.717) is 5.69 Å². The molecule has 0 aliphatic rings. The number of aromatic nitrogens is 2. The van der Waals surface area contributed by atoms with Gasteiger partial charge in [-0.1, -0.05) is 0 Å². The number of hydrogen-bond acceptors (Lipinski definition) is 3. The molecule has 64 valence electrons. The van der Waals surface area contributed by atoms with Gasteiger partial charge in [-0.15, -0.1) is 0 Å². The predicted octanol–water partition coefficient (Wildman–Crippen LogP) is 0.550. The van der Waals surface area contributed by atoms with Crippen LogP contribution < -0.4 is 0 Å². The molecule has 0 aliphatic heterocycles. The van der Waals surface area contributed by atoms with Crippen molar-refractivity contribution < 1.29 is 14.7 Å². The number of carbonyl (C=O) groups excluding carboxylic acids is 1. The van der Waals surface area contributed by atoms with Gasteiger partial charge in [0.05, 0.1) is 0 Å². The van der Waals surface area contributed by atoms with Crippen LogP contribution in [0.25, 0.3) is 0 Å². The summed E-state index contributed by atoms with van der Waals surface area (Å²) in [5.41, 5.74) is 0.419. The number of hydrogen-bond donors (Lipinski definition) is 1. The van der Waals surface area contributed by atoms with Crippen molar-refractivity contribution in [2.45, 2.75) is 13.8 Å². The van der Waals surface area contributed by atoms with Crippen LogP contribution in [-0.4, -0.2) is 26.8 Å². The maximum Gasteiger partial charge on any atom is 0.356 e.